The second kappa shape index (κ2) is 7.29. The number of aryl methyl sites for hydroxylation is 1. The summed E-state index contributed by atoms with van der Waals surface area (Å²) in [6.07, 6.45) is 7.31. The topological polar surface area (TPSA) is 95.9 Å². The van der Waals surface area contributed by atoms with Gasteiger partial charge in [0, 0.05) is 38.1 Å². The molecule has 0 aliphatic carbocycles. The number of nitrogens with one attached hydrogen (secondary N) is 2. The molecule has 128 valence electrons. The van der Waals surface area contributed by atoms with Gasteiger partial charge in [0.2, 0.25) is 5.91 Å². The van der Waals surface area contributed by atoms with Gasteiger partial charge < -0.3 is 10.2 Å². The molecule has 3 heterocycles. The van der Waals surface area contributed by atoms with E-state index in [-0.39, 0.29) is 17.9 Å². The molecule has 0 radical (unpaired) electrons. The summed E-state index contributed by atoms with van der Waals surface area (Å²) in [5.74, 6) is -0.111. The Balaban J connectivity index is 1.51. The molecule has 3 rings (SSSR count). The fraction of sp³-hybridized carbons (Fsp3) is 0.500. The van der Waals surface area contributed by atoms with Crippen molar-refractivity contribution in [3.63, 3.8) is 0 Å². The molecular weight excluding hydrogens is 308 g/mol. The number of hydrogen-bond acceptors (Lipinski definition) is 4. The van der Waals surface area contributed by atoms with Crippen molar-refractivity contribution < 1.29 is 9.59 Å². The maximum Gasteiger partial charge on any atom is 0.272 e. The molecule has 0 spiro atoms. The summed E-state index contributed by atoms with van der Waals surface area (Å²) < 4.78 is 1.80. The predicted octanol–water partition coefficient (Wildman–Crippen LogP) is 0.590. The lowest BCUT2D eigenvalue weighted by atomic mass is 10.2. The van der Waals surface area contributed by atoms with E-state index in [9.17, 15) is 9.59 Å². The summed E-state index contributed by atoms with van der Waals surface area (Å²) in [5.41, 5.74) is 1.38. The van der Waals surface area contributed by atoms with Gasteiger partial charge in [0.1, 0.15) is 5.69 Å². The molecule has 24 heavy (non-hydrogen) atoms. The Morgan fingerprint density at radius 1 is 1.46 bits per heavy atom. The highest BCUT2D eigenvalue weighted by molar-refractivity contribution is 5.92. The van der Waals surface area contributed by atoms with Gasteiger partial charge in [0.25, 0.3) is 5.91 Å². The van der Waals surface area contributed by atoms with Gasteiger partial charge in [-0.25, -0.2) is 0 Å². The van der Waals surface area contributed by atoms with E-state index in [1.807, 2.05) is 18.0 Å². The second-order valence-corrected chi connectivity index (χ2v) is 5.95. The average molecular weight is 330 g/mol. The summed E-state index contributed by atoms with van der Waals surface area (Å²) >= 11 is 0. The molecule has 8 nitrogen and oxygen atoms in total. The highest BCUT2D eigenvalue weighted by atomic mass is 16.2. The van der Waals surface area contributed by atoms with E-state index < -0.39 is 0 Å². The van der Waals surface area contributed by atoms with Crippen LogP contribution in [0.1, 0.15) is 35.8 Å². The number of amides is 2. The van der Waals surface area contributed by atoms with Crippen LogP contribution in [0.2, 0.25) is 0 Å². The van der Waals surface area contributed by atoms with Gasteiger partial charge in [-0.1, -0.05) is 0 Å². The summed E-state index contributed by atoms with van der Waals surface area (Å²) in [5, 5.41) is 13.6. The standard InChI is InChI=1S/C16H22N6O2/c1-2-21-11-12(9-19-21)8-15(23)17-10-13-4-3-7-22(13)16(24)14-5-6-18-20-14/h5-6,9,11,13H,2-4,7-8,10H2,1H3,(H,17,23)(H,18,20). The van der Waals surface area contributed by atoms with Crippen molar-refractivity contribution >= 4 is 11.8 Å². The zero-order valence-electron chi connectivity index (χ0n) is 13.7. The first-order valence-electron chi connectivity index (χ1n) is 8.25. The number of likely N-dealkylation sites (tertiary alicyclic amines) is 1. The van der Waals surface area contributed by atoms with E-state index in [1.54, 1.807) is 23.1 Å². The molecule has 0 aromatic carbocycles. The molecule has 1 saturated heterocycles. The monoisotopic (exact) mass is 330 g/mol. The number of aromatic nitrogens is 4. The number of carbonyl (C=O) groups is 2. The third-order valence-electron chi connectivity index (χ3n) is 4.28. The van der Waals surface area contributed by atoms with Gasteiger partial charge in [-0.05, 0) is 31.4 Å². The predicted molar refractivity (Wildman–Crippen MR) is 87.3 cm³/mol. The molecule has 1 aliphatic heterocycles. The molecule has 0 saturated carbocycles. The van der Waals surface area contributed by atoms with Crippen molar-refractivity contribution in [1.29, 1.82) is 0 Å². The van der Waals surface area contributed by atoms with Crippen molar-refractivity contribution in [3.05, 3.63) is 35.9 Å². The van der Waals surface area contributed by atoms with E-state index in [0.717, 1.165) is 24.9 Å². The van der Waals surface area contributed by atoms with Crippen molar-refractivity contribution in [2.45, 2.75) is 38.8 Å². The molecule has 1 aliphatic rings. The van der Waals surface area contributed by atoms with Crippen molar-refractivity contribution in [2.24, 2.45) is 0 Å². The van der Waals surface area contributed by atoms with Crippen molar-refractivity contribution in [3.8, 4) is 0 Å². The van der Waals surface area contributed by atoms with Crippen LogP contribution in [-0.4, -0.2) is 55.8 Å². The Labute approximate surface area is 140 Å². The molecule has 2 N–H and O–H groups in total. The normalized spacial score (nSPS) is 17.2. The van der Waals surface area contributed by atoms with Crippen LogP contribution in [0.4, 0.5) is 0 Å². The van der Waals surface area contributed by atoms with Crippen LogP contribution in [0.3, 0.4) is 0 Å². The van der Waals surface area contributed by atoms with E-state index in [2.05, 4.69) is 20.6 Å². The SMILES string of the molecule is CCn1cc(CC(=O)NCC2CCCN2C(=O)c2ccn[nH]2)cn1. The van der Waals surface area contributed by atoms with Crippen LogP contribution in [0.25, 0.3) is 0 Å². The molecular formula is C16H22N6O2. The number of carbonyl (C=O) groups excluding carboxylic acids is 2. The third kappa shape index (κ3) is 3.64. The smallest absolute Gasteiger partial charge is 0.272 e. The number of rotatable bonds is 6. The number of H-pyrrole nitrogens is 1. The fourth-order valence-electron chi connectivity index (χ4n) is 3.00. The van der Waals surface area contributed by atoms with Gasteiger partial charge in [-0.3, -0.25) is 19.4 Å². The molecule has 8 heteroatoms. The van der Waals surface area contributed by atoms with Gasteiger partial charge in [0.05, 0.1) is 12.6 Å². The molecule has 2 aromatic heterocycles. The van der Waals surface area contributed by atoms with Gasteiger partial charge in [0.15, 0.2) is 0 Å². The molecule has 1 fully saturated rings. The van der Waals surface area contributed by atoms with Gasteiger partial charge in [-0.2, -0.15) is 10.2 Å². The van der Waals surface area contributed by atoms with E-state index in [0.29, 0.717) is 25.2 Å². The highest BCUT2D eigenvalue weighted by Crippen LogP contribution is 2.18. The van der Waals surface area contributed by atoms with Crippen LogP contribution in [0, 0.1) is 0 Å². The third-order valence-corrected chi connectivity index (χ3v) is 4.28. The van der Waals surface area contributed by atoms with Gasteiger partial charge in [-0.15, -0.1) is 0 Å². The zero-order valence-corrected chi connectivity index (χ0v) is 13.7. The Bertz CT molecular complexity index is 693. The highest BCUT2D eigenvalue weighted by Gasteiger charge is 2.30. The molecule has 2 aromatic rings. The second-order valence-electron chi connectivity index (χ2n) is 5.95. The minimum atomic E-state index is -0.0616. The molecule has 1 atom stereocenters. The molecule has 0 bridgehead atoms. The first kappa shape index (κ1) is 16.2. The quantitative estimate of drug-likeness (QED) is 0.810. The average Bonchev–Trinajstić information content (AvgIpc) is 3.32. The minimum absolute atomic E-state index is 0.0307. The lowest BCUT2D eigenvalue weighted by molar-refractivity contribution is -0.120. The first-order valence-corrected chi connectivity index (χ1v) is 8.25. The number of hydrogen-bond donors (Lipinski definition) is 2. The summed E-state index contributed by atoms with van der Waals surface area (Å²) in [6.45, 7) is 3.97. The molecule has 1 unspecified atom stereocenters. The van der Waals surface area contributed by atoms with Crippen LogP contribution < -0.4 is 5.32 Å². The van der Waals surface area contributed by atoms with E-state index >= 15 is 0 Å². The molecule has 2 amide bonds. The van der Waals surface area contributed by atoms with Crippen LogP contribution in [0.15, 0.2) is 24.7 Å². The van der Waals surface area contributed by atoms with E-state index in [1.165, 1.54) is 0 Å². The maximum atomic E-state index is 12.4. The Hall–Kier alpha value is -2.64. The lowest BCUT2D eigenvalue weighted by Gasteiger charge is -2.24. The zero-order chi connectivity index (χ0) is 16.9. The lowest BCUT2D eigenvalue weighted by Crippen LogP contribution is -2.43. The summed E-state index contributed by atoms with van der Waals surface area (Å²) in [6, 6.07) is 1.70. The Morgan fingerprint density at radius 3 is 3.04 bits per heavy atom. The van der Waals surface area contributed by atoms with Crippen molar-refractivity contribution in [1.82, 2.24) is 30.2 Å². The van der Waals surface area contributed by atoms with Gasteiger partial charge >= 0.3 is 0 Å². The Kier molecular flexibility index (Phi) is 4.93. The largest absolute Gasteiger partial charge is 0.354 e. The van der Waals surface area contributed by atoms with E-state index in [4.69, 9.17) is 0 Å². The van der Waals surface area contributed by atoms with Crippen LogP contribution >= 0.6 is 0 Å². The summed E-state index contributed by atoms with van der Waals surface area (Å²) in [4.78, 5) is 26.3. The first-order chi connectivity index (χ1) is 11.7. The minimum Gasteiger partial charge on any atom is -0.354 e. The maximum absolute atomic E-state index is 12.4. The number of nitrogens with zero attached hydrogens (tertiary/aromatic N) is 4. The van der Waals surface area contributed by atoms with Crippen LogP contribution in [-0.2, 0) is 17.8 Å². The van der Waals surface area contributed by atoms with Crippen molar-refractivity contribution in [2.75, 3.05) is 13.1 Å². The summed E-state index contributed by atoms with van der Waals surface area (Å²) in [7, 11) is 0. The van der Waals surface area contributed by atoms with Crippen LogP contribution in [0.5, 0.6) is 0 Å². The Morgan fingerprint density at radius 2 is 2.33 bits per heavy atom. The fourth-order valence-corrected chi connectivity index (χ4v) is 3.00. The number of aromatic amines is 1.